The van der Waals surface area contributed by atoms with Crippen molar-refractivity contribution in [2.24, 2.45) is 0 Å². The maximum Gasteiger partial charge on any atom is 0.332 e. The van der Waals surface area contributed by atoms with Gasteiger partial charge in [-0.15, -0.1) is 0 Å². The van der Waals surface area contributed by atoms with Crippen molar-refractivity contribution >= 4 is 5.97 Å². The van der Waals surface area contributed by atoms with Crippen LogP contribution in [0.1, 0.15) is 69.4 Å². The fraction of sp³-hybridized carbons (Fsp3) is 0.500. The molecule has 0 aliphatic rings. The molecule has 1 rings (SSSR count). The van der Waals surface area contributed by atoms with E-state index in [1.54, 1.807) is 0 Å². The normalized spacial score (nSPS) is 11.0. The van der Waals surface area contributed by atoms with Crippen molar-refractivity contribution < 1.29 is 15.0 Å². The maximum absolute atomic E-state index is 10.6. The molecule has 134 valence electrons. The Balaban J connectivity index is 2.29. The lowest BCUT2D eigenvalue weighted by atomic mass is 10.1. The quantitative estimate of drug-likeness (QED) is 0.496. The number of aryl methyl sites for hydroxylation is 1. The van der Waals surface area contributed by atoms with Crippen LogP contribution in [0.4, 0.5) is 0 Å². The van der Waals surface area contributed by atoms with Crippen molar-refractivity contribution in [1.82, 2.24) is 0 Å². The van der Waals surface area contributed by atoms with Crippen molar-refractivity contribution in [3.63, 3.8) is 0 Å². The number of rotatable bonds is 10. The van der Waals surface area contributed by atoms with E-state index in [4.69, 9.17) is 5.11 Å². The van der Waals surface area contributed by atoms with Gasteiger partial charge in [-0.1, -0.05) is 63.0 Å². The lowest BCUT2D eigenvalue weighted by Gasteiger charge is -2.05. The fourth-order valence-corrected chi connectivity index (χ4v) is 2.39. The van der Waals surface area contributed by atoms with Crippen LogP contribution in [0.25, 0.3) is 0 Å². The van der Waals surface area contributed by atoms with E-state index in [0.29, 0.717) is 6.42 Å². The zero-order valence-electron chi connectivity index (χ0n) is 15.1. The largest absolute Gasteiger partial charge is 0.479 e. The number of unbranched alkanes of at least 4 members (excludes halogenated alkanes) is 6. The smallest absolute Gasteiger partial charge is 0.332 e. The predicted molar refractivity (Wildman–Crippen MR) is 101 cm³/mol. The Hall–Kier alpha value is -2.23. The highest BCUT2D eigenvalue weighted by Crippen LogP contribution is 2.08. The fourth-order valence-electron chi connectivity index (χ4n) is 2.39. The van der Waals surface area contributed by atoms with Crippen LogP contribution in [0.3, 0.4) is 0 Å². The van der Waals surface area contributed by atoms with Crippen molar-refractivity contribution in [1.29, 1.82) is 0 Å². The SMILES string of the molecule is CCCCCCCCC#CC#Cc1ccc(CCC(O)C(=O)O)cc1. The molecule has 25 heavy (non-hydrogen) atoms. The van der Waals surface area contributed by atoms with Crippen LogP contribution in [-0.2, 0) is 11.2 Å². The highest BCUT2D eigenvalue weighted by Gasteiger charge is 2.12. The van der Waals surface area contributed by atoms with Crippen molar-refractivity contribution in [2.45, 2.75) is 70.8 Å². The summed E-state index contributed by atoms with van der Waals surface area (Å²) in [6, 6.07) is 7.60. The van der Waals surface area contributed by atoms with E-state index < -0.39 is 12.1 Å². The summed E-state index contributed by atoms with van der Waals surface area (Å²) in [5.74, 6) is 10.7. The van der Waals surface area contributed by atoms with Crippen LogP contribution in [0, 0.1) is 23.7 Å². The first kappa shape index (κ1) is 20.8. The Morgan fingerprint density at radius 3 is 2.40 bits per heavy atom. The molecular weight excluding hydrogens is 312 g/mol. The van der Waals surface area contributed by atoms with Gasteiger partial charge in [-0.3, -0.25) is 0 Å². The summed E-state index contributed by atoms with van der Waals surface area (Å²) in [5, 5.41) is 17.9. The zero-order chi connectivity index (χ0) is 18.3. The number of hydrogen-bond donors (Lipinski definition) is 2. The minimum atomic E-state index is -1.30. The van der Waals surface area contributed by atoms with Crippen molar-refractivity contribution in [3.05, 3.63) is 35.4 Å². The lowest BCUT2D eigenvalue weighted by Crippen LogP contribution is -2.19. The second-order valence-corrected chi connectivity index (χ2v) is 6.16. The van der Waals surface area contributed by atoms with E-state index in [2.05, 4.69) is 30.6 Å². The molecule has 2 N–H and O–H groups in total. The first-order chi connectivity index (χ1) is 12.1. The van der Waals surface area contributed by atoms with Crippen molar-refractivity contribution in [3.8, 4) is 23.7 Å². The molecule has 1 aromatic rings. The average Bonchev–Trinajstić information content (AvgIpc) is 2.62. The number of carbonyl (C=O) groups is 1. The molecule has 0 aromatic heterocycles. The van der Waals surface area contributed by atoms with E-state index in [-0.39, 0.29) is 6.42 Å². The van der Waals surface area contributed by atoms with Crippen LogP contribution < -0.4 is 0 Å². The summed E-state index contributed by atoms with van der Waals surface area (Å²) < 4.78 is 0. The molecule has 1 aromatic carbocycles. The van der Waals surface area contributed by atoms with Crippen LogP contribution in [-0.4, -0.2) is 22.3 Å². The molecule has 1 unspecified atom stereocenters. The molecule has 0 aliphatic heterocycles. The Bertz CT molecular complexity index is 623. The Kier molecular flexibility index (Phi) is 10.9. The first-order valence-electron chi connectivity index (χ1n) is 9.12. The summed E-state index contributed by atoms with van der Waals surface area (Å²) >= 11 is 0. The highest BCUT2D eigenvalue weighted by atomic mass is 16.4. The van der Waals surface area contributed by atoms with Gasteiger partial charge in [-0.2, -0.15) is 0 Å². The molecule has 0 aliphatic carbocycles. The van der Waals surface area contributed by atoms with Gasteiger partial charge in [0, 0.05) is 12.0 Å². The molecule has 3 heteroatoms. The second-order valence-electron chi connectivity index (χ2n) is 6.16. The number of carboxylic acids is 1. The van der Waals surface area contributed by atoms with Gasteiger partial charge in [0.1, 0.15) is 0 Å². The third-order valence-electron chi connectivity index (χ3n) is 3.96. The van der Waals surface area contributed by atoms with E-state index >= 15 is 0 Å². The van der Waals surface area contributed by atoms with E-state index in [1.165, 1.54) is 32.1 Å². The summed E-state index contributed by atoms with van der Waals surface area (Å²) in [6.45, 7) is 2.22. The van der Waals surface area contributed by atoms with E-state index in [9.17, 15) is 9.90 Å². The number of aliphatic hydroxyl groups excluding tert-OH is 1. The summed E-state index contributed by atoms with van der Waals surface area (Å²) in [7, 11) is 0. The molecule has 0 spiro atoms. The zero-order valence-corrected chi connectivity index (χ0v) is 15.1. The molecular formula is C22H28O3. The summed E-state index contributed by atoms with van der Waals surface area (Å²) in [6.07, 6.45) is 7.98. The monoisotopic (exact) mass is 340 g/mol. The minimum Gasteiger partial charge on any atom is -0.479 e. The molecule has 0 saturated carbocycles. The van der Waals surface area contributed by atoms with Gasteiger partial charge in [0.05, 0.1) is 0 Å². The third-order valence-corrected chi connectivity index (χ3v) is 3.96. The molecule has 1 atom stereocenters. The van der Waals surface area contributed by atoms with Gasteiger partial charge in [0.25, 0.3) is 0 Å². The predicted octanol–water partition coefficient (Wildman–Crippen LogP) is 4.17. The number of benzene rings is 1. The van der Waals surface area contributed by atoms with Crippen LogP contribution in [0.5, 0.6) is 0 Å². The Morgan fingerprint density at radius 2 is 1.72 bits per heavy atom. The lowest BCUT2D eigenvalue weighted by molar-refractivity contribution is -0.146. The van der Waals surface area contributed by atoms with Crippen LogP contribution in [0.2, 0.25) is 0 Å². The van der Waals surface area contributed by atoms with Gasteiger partial charge >= 0.3 is 5.97 Å². The topological polar surface area (TPSA) is 57.5 Å². The summed E-state index contributed by atoms with van der Waals surface area (Å²) in [5.41, 5.74) is 1.87. The Morgan fingerprint density at radius 1 is 1.04 bits per heavy atom. The van der Waals surface area contributed by atoms with Gasteiger partial charge in [-0.05, 0) is 48.8 Å². The minimum absolute atomic E-state index is 0.213. The van der Waals surface area contributed by atoms with Gasteiger partial charge in [0.15, 0.2) is 6.10 Å². The average molecular weight is 340 g/mol. The molecule has 0 saturated heterocycles. The van der Waals surface area contributed by atoms with E-state index in [1.807, 2.05) is 24.3 Å². The van der Waals surface area contributed by atoms with Gasteiger partial charge in [0.2, 0.25) is 0 Å². The molecule has 0 bridgehead atoms. The molecule has 0 radical (unpaired) electrons. The molecule has 0 amide bonds. The van der Waals surface area contributed by atoms with Gasteiger partial charge < -0.3 is 10.2 Å². The standard InChI is InChI=1S/C22H28O3/c1-2-3-4-5-6-7-8-9-10-11-12-19-13-15-20(16-14-19)17-18-21(23)22(24)25/h13-16,21,23H,2-8,17-18H2,1H3,(H,24,25). The number of hydrogen-bond acceptors (Lipinski definition) is 2. The summed E-state index contributed by atoms with van der Waals surface area (Å²) in [4.78, 5) is 10.6. The highest BCUT2D eigenvalue weighted by molar-refractivity contribution is 5.71. The molecule has 3 nitrogen and oxygen atoms in total. The van der Waals surface area contributed by atoms with E-state index in [0.717, 1.165) is 24.0 Å². The van der Waals surface area contributed by atoms with Crippen LogP contribution in [0.15, 0.2) is 24.3 Å². The first-order valence-corrected chi connectivity index (χ1v) is 9.12. The van der Waals surface area contributed by atoms with Crippen molar-refractivity contribution in [2.75, 3.05) is 0 Å². The third kappa shape index (κ3) is 10.3. The maximum atomic E-state index is 10.6. The number of carboxylic acid groups (broad SMARTS) is 1. The molecule has 0 heterocycles. The number of aliphatic carboxylic acids is 1. The van der Waals surface area contributed by atoms with Crippen LogP contribution >= 0.6 is 0 Å². The number of aliphatic hydroxyl groups is 1. The second kappa shape index (κ2) is 13.1. The van der Waals surface area contributed by atoms with Gasteiger partial charge in [-0.25, -0.2) is 4.79 Å². The molecule has 0 fully saturated rings. The Labute approximate surface area is 151 Å².